The average Bonchev–Trinajstić information content (AvgIpc) is 2.34. The molecule has 6 nitrogen and oxygen atoms in total. The van der Waals surface area contributed by atoms with E-state index in [2.05, 4.69) is 10.6 Å². The molecule has 104 valence electrons. The van der Waals surface area contributed by atoms with Crippen molar-refractivity contribution in [2.24, 2.45) is 5.92 Å². The van der Waals surface area contributed by atoms with E-state index >= 15 is 0 Å². The van der Waals surface area contributed by atoms with Crippen LogP contribution >= 0.6 is 0 Å². The Morgan fingerprint density at radius 1 is 1.44 bits per heavy atom. The van der Waals surface area contributed by atoms with Crippen LogP contribution in [0, 0.1) is 5.92 Å². The third kappa shape index (κ3) is 6.56. The Labute approximate surface area is 107 Å². The van der Waals surface area contributed by atoms with Crippen LogP contribution in [0.15, 0.2) is 0 Å². The normalized spacial score (nSPS) is 18.3. The van der Waals surface area contributed by atoms with Gasteiger partial charge >= 0.3 is 5.97 Å². The van der Waals surface area contributed by atoms with Gasteiger partial charge in [-0.3, -0.25) is 9.59 Å². The first kappa shape index (κ1) is 14.9. The molecule has 18 heavy (non-hydrogen) atoms. The molecular weight excluding hydrogens is 236 g/mol. The summed E-state index contributed by atoms with van der Waals surface area (Å²) in [5.41, 5.74) is 0. The van der Waals surface area contributed by atoms with Gasteiger partial charge in [0.05, 0.1) is 6.10 Å². The smallest absolute Gasteiger partial charge is 0.303 e. The summed E-state index contributed by atoms with van der Waals surface area (Å²) in [5, 5.41) is 14.5. The zero-order chi connectivity index (χ0) is 13.4. The summed E-state index contributed by atoms with van der Waals surface area (Å²) in [6.45, 7) is 4.09. The summed E-state index contributed by atoms with van der Waals surface area (Å²) in [6.07, 6.45) is 2.09. The zero-order valence-corrected chi connectivity index (χ0v) is 10.8. The lowest BCUT2D eigenvalue weighted by molar-refractivity contribution is -0.138. The van der Waals surface area contributed by atoms with Crippen LogP contribution in [-0.2, 0) is 14.3 Å². The van der Waals surface area contributed by atoms with Crippen molar-refractivity contribution in [3.05, 3.63) is 0 Å². The lowest BCUT2D eigenvalue weighted by Crippen LogP contribution is -2.37. The van der Waals surface area contributed by atoms with E-state index in [0.29, 0.717) is 6.54 Å². The minimum absolute atomic E-state index is 0.0600. The highest BCUT2D eigenvalue weighted by atomic mass is 16.5. The Kier molecular flexibility index (Phi) is 6.67. The van der Waals surface area contributed by atoms with Crippen LogP contribution < -0.4 is 10.6 Å². The van der Waals surface area contributed by atoms with Gasteiger partial charge < -0.3 is 20.5 Å². The number of aliphatic carboxylic acids is 1. The molecule has 1 heterocycles. The molecule has 6 heteroatoms. The predicted octanol–water partition coefficient (Wildman–Crippen LogP) is -0.0180. The van der Waals surface area contributed by atoms with Gasteiger partial charge in [0, 0.05) is 13.0 Å². The molecule has 1 saturated heterocycles. The second-order valence-electron chi connectivity index (χ2n) is 4.77. The molecule has 0 spiro atoms. The molecule has 0 aromatic carbocycles. The molecule has 1 aliphatic heterocycles. The van der Waals surface area contributed by atoms with Crippen molar-refractivity contribution >= 4 is 11.9 Å². The van der Waals surface area contributed by atoms with E-state index in [1.807, 2.05) is 0 Å². The number of rotatable bonds is 7. The fourth-order valence-electron chi connectivity index (χ4n) is 1.87. The van der Waals surface area contributed by atoms with Gasteiger partial charge in [0.15, 0.2) is 0 Å². The summed E-state index contributed by atoms with van der Waals surface area (Å²) < 4.78 is 5.49. The van der Waals surface area contributed by atoms with Crippen LogP contribution in [-0.4, -0.2) is 49.3 Å². The number of carbonyl (C=O) groups excluding carboxylic acids is 1. The van der Waals surface area contributed by atoms with Crippen molar-refractivity contribution in [2.75, 3.05) is 26.2 Å². The summed E-state index contributed by atoms with van der Waals surface area (Å²) in [6, 6.07) is 0. The second kappa shape index (κ2) is 8.05. The maximum absolute atomic E-state index is 11.5. The molecule has 0 aromatic heterocycles. The van der Waals surface area contributed by atoms with Crippen LogP contribution in [0.5, 0.6) is 0 Å². The SMILES string of the molecule is CC(CNC(=O)COC1CCNCC1)CC(=O)O. The van der Waals surface area contributed by atoms with E-state index in [1.165, 1.54) is 0 Å². The topological polar surface area (TPSA) is 87.7 Å². The van der Waals surface area contributed by atoms with Crippen molar-refractivity contribution in [3.63, 3.8) is 0 Å². The maximum Gasteiger partial charge on any atom is 0.303 e. The zero-order valence-electron chi connectivity index (χ0n) is 10.8. The van der Waals surface area contributed by atoms with E-state index in [4.69, 9.17) is 9.84 Å². The number of amides is 1. The summed E-state index contributed by atoms with van der Waals surface area (Å²) in [4.78, 5) is 21.9. The Balaban J connectivity index is 2.07. The van der Waals surface area contributed by atoms with Crippen molar-refractivity contribution in [3.8, 4) is 0 Å². The first-order chi connectivity index (χ1) is 8.58. The van der Waals surface area contributed by atoms with Crippen LogP contribution in [0.4, 0.5) is 0 Å². The van der Waals surface area contributed by atoms with Gasteiger partial charge in [-0.1, -0.05) is 6.92 Å². The standard InChI is InChI=1S/C12H22N2O4/c1-9(6-12(16)17)7-14-11(15)8-18-10-2-4-13-5-3-10/h9-10,13H,2-8H2,1H3,(H,14,15)(H,16,17). The van der Waals surface area contributed by atoms with Crippen LogP contribution in [0.1, 0.15) is 26.2 Å². The molecule has 1 amide bonds. The first-order valence-corrected chi connectivity index (χ1v) is 6.38. The Morgan fingerprint density at radius 3 is 2.72 bits per heavy atom. The number of ether oxygens (including phenoxy) is 1. The number of hydrogen-bond donors (Lipinski definition) is 3. The van der Waals surface area contributed by atoms with Crippen molar-refractivity contribution in [1.82, 2.24) is 10.6 Å². The van der Waals surface area contributed by atoms with Gasteiger partial charge in [-0.05, 0) is 31.8 Å². The van der Waals surface area contributed by atoms with E-state index in [-0.39, 0.29) is 31.0 Å². The fraction of sp³-hybridized carbons (Fsp3) is 0.833. The molecule has 0 aromatic rings. The minimum Gasteiger partial charge on any atom is -0.481 e. The van der Waals surface area contributed by atoms with Crippen LogP contribution in [0.25, 0.3) is 0 Å². The van der Waals surface area contributed by atoms with Gasteiger partial charge in [-0.2, -0.15) is 0 Å². The van der Waals surface area contributed by atoms with Gasteiger partial charge in [-0.25, -0.2) is 0 Å². The lowest BCUT2D eigenvalue weighted by Gasteiger charge is -2.22. The van der Waals surface area contributed by atoms with E-state index in [9.17, 15) is 9.59 Å². The van der Waals surface area contributed by atoms with E-state index < -0.39 is 5.97 Å². The number of carbonyl (C=O) groups is 2. The van der Waals surface area contributed by atoms with Gasteiger partial charge in [-0.15, -0.1) is 0 Å². The summed E-state index contributed by atoms with van der Waals surface area (Å²) in [5.74, 6) is -1.08. The fourth-order valence-corrected chi connectivity index (χ4v) is 1.87. The molecule has 1 unspecified atom stereocenters. The largest absolute Gasteiger partial charge is 0.481 e. The minimum atomic E-state index is -0.845. The molecule has 1 aliphatic rings. The molecule has 0 saturated carbocycles. The van der Waals surface area contributed by atoms with Crippen molar-refractivity contribution in [2.45, 2.75) is 32.3 Å². The van der Waals surface area contributed by atoms with E-state index in [1.54, 1.807) is 6.92 Å². The lowest BCUT2D eigenvalue weighted by atomic mass is 10.1. The number of carboxylic acids is 1. The molecule has 0 aliphatic carbocycles. The third-order valence-corrected chi connectivity index (χ3v) is 2.91. The van der Waals surface area contributed by atoms with Gasteiger partial charge in [0.25, 0.3) is 0 Å². The number of carboxylic acid groups (broad SMARTS) is 1. The predicted molar refractivity (Wildman–Crippen MR) is 66.3 cm³/mol. The highest BCUT2D eigenvalue weighted by Crippen LogP contribution is 2.06. The second-order valence-corrected chi connectivity index (χ2v) is 4.77. The van der Waals surface area contributed by atoms with Crippen molar-refractivity contribution < 1.29 is 19.4 Å². The highest BCUT2D eigenvalue weighted by molar-refractivity contribution is 5.77. The molecule has 0 bridgehead atoms. The first-order valence-electron chi connectivity index (χ1n) is 6.38. The molecule has 1 atom stereocenters. The van der Waals surface area contributed by atoms with Crippen LogP contribution in [0.3, 0.4) is 0 Å². The van der Waals surface area contributed by atoms with Crippen molar-refractivity contribution in [1.29, 1.82) is 0 Å². The van der Waals surface area contributed by atoms with Gasteiger partial charge in [0.2, 0.25) is 5.91 Å². The highest BCUT2D eigenvalue weighted by Gasteiger charge is 2.15. The Bertz CT molecular complexity index is 277. The summed E-state index contributed by atoms with van der Waals surface area (Å²) in [7, 11) is 0. The van der Waals surface area contributed by atoms with E-state index in [0.717, 1.165) is 25.9 Å². The monoisotopic (exact) mass is 258 g/mol. The number of nitrogens with one attached hydrogen (secondary N) is 2. The van der Waals surface area contributed by atoms with Gasteiger partial charge in [0.1, 0.15) is 6.61 Å². The Hall–Kier alpha value is -1.14. The molecule has 1 fully saturated rings. The molecular formula is C12H22N2O4. The number of piperidine rings is 1. The third-order valence-electron chi connectivity index (χ3n) is 2.91. The molecule has 1 rings (SSSR count). The molecule has 0 radical (unpaired) electrons. The quantitative estimate of drug-likeness (QED) is 0.597. The Morgan fingerprint density at radius 2 is 2.11 bits per heavy atom. The summed E-state index contributed by atoms with van der Waals surface area (Å²) >= 11 is 0. The maximum atomic E-state index is 11.5. The van der Waals surface area contributed by atoms with Crippen LogP contribution in [0.2, 0.25) is 0 Å². The number of hydrogen-bond acceptors (Lipinski definition) is 4. The average molecular weight is 258 g/mol. The molecule has 3 N–H and O–H groups in total.